The van der Waals surface area contributed by atoms with Crippen LogP contribution in [0.2, 0.25) is 0 Å². The van der Waals surface area contributed by atoms with E-state index in [1.807, 2.05) is 60.7 Å². The highest BCUT2D eigenvalue weighted by molar-refractivity contribution is 5.77. The molecule has 2 N–H and O–H groups in total. The summed E-state index contributed by atoms with van der Waals surface area (Å²) in [6.07, 6.45) is 6.07. The number of aromatic nitrogens is 2. The molecule has 1 amide bonds. The zero-order chi connectivity index (χ0) is 16.6. The first-order chi connectivity index (χ1) is 11.8. The molecule has 122 valence electrons. The summed E-state index contributed by atoms with van der Waals surface area (Å²) in [6.45, 7) is 0.823. The van der Waals surface area contributed by atoms with Gasteiger partial charge >= 0.3 is 6.09 Å². The highest BCUT2D eigenvalue weighted by Gasteiger charge is 2.00. The van der Waals surface area contributed by atoms with Crippen molar-refractivity contribution in [3.05, 3.63) is 72.1 Å². The van der Waals surface area contributed by atoms with Gasteiger partial charge in [0.05, 0.1) is 17.4 Å². The van der Waals surface area contributed by atoms with Gasteiger partial charge in [0, 0.05) is 6.54 Å². The number of benzene rings is 2. The maximum absolute atomic E-state index is 11.6. The first-order valence-corrected chi connectivity index (χ1v) is 7.85. The monoisotopic (exact) mass is 321 g/mol. The van der Waals surface area contributed by atoms with Crippen LogP contribution in [0.5, 0.6) is 0 Å². The summed E-state index contributed by atoms with van der Waals surface area (Å²) in [5.74, 6) is 0. The van der Waals surface area contributed by atoms with E-state index in [-0.39, 0.29) is 6.61 Å². The molecule has 0 aliphatic carbocycles. The van der Waals surface area contributed by atoms with Gasteiger partial charge < -0.3 is 15.0 Å². The van der Waals surface area contributed by atoms with Gasteiger partial charge in [-0.1, -0.05) is 48.6 Å². The minimum Gasteiger partial charge on any atom is -0.445 e. The lowest BCUT2D eigenvalue weighted by Gasteiger charge is -2.05. The molecule has 0 fully saturated rings. The van der Waals surface area contributed by atoms with E-state index < -0.39 is 6.09 Å². The molecule has 0 unspecified atom stereocenters. The van der Waals surface area contributed by atoms with E-state index in [0.29, 0.717) is 6.54 Å². The van der Waals surface area contributed by atoms with Crippen LogP contribution in [0.25, 0.3) is 17.1 Å². The highest BCUT2D eigenvalue weighted by Crippen LogP contribution is 2.12. The third-order valence-corrected chi connectivity index (χ3v) is 3.55. The predicted octanol–water partition coefficient (Wildman–Crippen LogP) is 3.89. The van der Waals surface area contributed by atoms with Gasteiger partial charge in [-0.05, 0) is 29.7 Å². The number of ether oxygens (including phenoxy) is 1. The van der Waals surface area contributed by atoms with Crippen molar-refractivity contribution in [2.75, 3.05) is 6.54 Å². The van der Waals surface area contributed by atoms with E-state index in [1.54, 1.807) is 6.33 Å². The Balaban J connectivity index is 1.37. The Morgan fingerprint density at radius 2 is 2.08 bits per heavy atom. The molecular weight excluding hydrogens is 302 g/mol. The quantitative estimate of drug-likeness (QED) is 0.677. The van der Waals surface area contributed by atoms with E-state index in [0.717, 1.165) is 28.6 Å². The predicted molar refractivity (Wildman–Crippen MR) is 94.4 cm³/mol. The number of hydrogen-bond acceptors (Lipinski definition) is 3. The molecule has 0 atom stereocenters. The van der Waals surface area contributed by atoms with Crippen molar-refractivity contribution < 1.29 is 9.53 Å². The third kappa shape index (κ3) is 4.46. The van der Waals surface area contributed by atoms with Gasteiger partial charge in [-0.2, -0.15) is 0 Å². The Bertz CT molecular complexity index is 825. The zero-order valence-electron chi connectivity index (χ0n) is 13.2. The Morgan fingerprint density at radius 3 is 2.96 bits per heavy atom. The summed E-state index contributed by atoms with van der Waals surface area (Å²) in [5.41, 5.74) is 4.04. The van der Waals surface area contributed by atoms with Crippen molar-refractivity contribution in [2.45, 2.75) is 13.0 Å². The molecule has 0 saturated carbocycles. The Morgan fingerprint density at radius 1 is 1.21 bits per heavy atom. The van der Waals surface area contributed by atoms with Crippen molar-refractivity contribution >= 4 is 23.2 Å². The molecule has 2 aromatic carbocycles. The molecule has 0 spiro atoms. The van der Waals surface area contributed by atoms with Gasteiger partial charge in [-0.25, -0.2) is 9.78 Å². The average molecular weight is 321 g/mol. The minimum atomic E-state index is -0.397. The number of amides is 1. The van der Waals surface area contributed by atoms with Crippen LogP contribution in [-0.4, -0.2) is 22.6 Å². The molecular formula is C19H19N3O2. The van der Waals surface area contributed by atoms with E-state index in [4.69, 9.17) is 4.74 Å². The lowest BCUT2D eigenvalue weighted by Crippen LogP contribution is -2.24. The third-order valence-electron chi connectivity index (χ3n) is 3.55. The molecule has 0 aliphatic heterocycles. The van der Waals surface area contributed by atoms with Crippen molar-refractivity contribution in [1.82, 2.24) is 15.3 Å². The van der Waals surface area contributed by atoms with Crippen LogP contribution in [0.3, 0.4) is 0 Å². The van der Waals surface area contributed by atoms with E-state index >= 15 is 0 Å². The van der Waals surface area contributed by atoms with Crippen LogP contribution in [0.15, 0.2) is 60.9 Å². The van der Waals surface area contributed by atoms with Crippen LogP contribution in [-0.2, 0) is 11.3 Å². The Kier molecular flexibility index (Phi) is 5.24. The standard InChI is InChI=1S/C19H19N3O2/c23-19(24-13-16-7-2-1-3-8-16)20-11-5-4-6-15-9-10-17-18(12-15)22-14-21-17/h1-4,6-10,12,14H,5,11,13H2,(H,20,23)(H,21,22). The number of carbonyl (C=O) groups is 1. The molecule has 5 heteroatoms. The van der Waals surface area contributed by atoms with Gasteiger partial charge in [0.1, 0.15) is 6.61 Å². The van der Waals surface area contributed by atoms with E-state index in [9.17, 15) is 4.79 Å². The van der Waals surface area contributed by atoms with E-state index in [2.05, 4.69) is 15.3 Å². The Labute approximate surface area is 140 Å². The molecule has 0 bridgehead atoms. The molecule has 3 rings (SSSR count). The summed E-state index contributed by atoms with van der Waals surface area (Å²) in [4.78, 5) is 18.9. The topological polar surface area (TPSA) is 67.0 Å². The molecule has 3 aromatic rings. The second-order valence-electron chi connectivity index (χ2n) is 5.36. The van der Waals surface area contributed by atoms with Gasteiger partial charge in [0.15, 0.2) is 0 Å². The van der Waals surface area contributed by atoms with Crippen LogP contribution in [0.4, 0.5) is 4.79 Å². The number of fused-ring (bicyclic) bond motifs is 1. The van der Waals surface area contributed by atoms with Crippen LogP contribution in [0, 0.1) is 0 Å². The van der Waals surface area contributed by atoms with Crippen molar-refractivity contribution in [3.63, 3.8) is 0 Å². The molecule has 0 aliphatic rings. The van der Waals surface area contributed by atoms with Crippen molar-refractivity contribution in [1.29, 1.82) is 0 Å². The number of carbonyl (C=O) groups excluding carboxylic acids is 1. The number of nitrogens with one attached hydrogen (secondary N) is 2. The summed E-state index contributed by atoms with van der Waals surface area (Å²) in [5, 5.41) is 2.74. The lowest BCUT2D eigenvalue weighted by molar-refractivity contribution is 0.140. The molecule has 24 heavy (non-hydrogen) atoms. The molecule has 0 saturated heterocycles. The second-order valence-corrected chi connectivity index (χ2v) is 5.36. The Hall–Kier alpha value is -3.08. The highest BCUT2D eigenvalue weighted by atomic mass is 16.5. The fourth-order valence-electron chi connectivity index (χ4n) is 2.31. The lowest BCUT2D eigenvalue weighted by atomic mass is 10.2. The number of alkyl carbamates (subject to hydrolysis) is 1. The van der Waals surface area contributed by atoms with Crippen LogP contribution >= 0.6 is 0 Å². The maximum Gasteiger partial charge on any atom is 0.407 e. The maximum atomic E-state index is 11.6. The normalized spacial score (nSPS) is 11.0. The smallest absolute Gasteiger partial charge is 0.407 e. The van der Waals surface area contributed by atoms with Crippen molar-refractivity contribution in [2.24, 2.45) is 0 Å². The first-order valence-electron chi connectivity index (χ1n) is 7.85. The van der Waals surface area contributed by atoms with Gasteiger partial charge in [0.25, 0.3) is 0 Å². The largest absolute Gasteiger partial charge is 0.445 e. The molecule has 1 heterocycles. The summed E-state index contributed by atoms with van der Waals surface area (Å²) >= 11 is 0. The average Bonchev–Trinajstić information content (AvgIpc) is 3.08. The first kappa shape index (κ1) is 15.8. The van der Waals surface area contributed by atoms with Crippen LogP contribution < -0.4 is 5.32 Å². The van der Waals surface area contributed by atoms with Gasteiger partial charge in [0.2, 0.25) is 0 Å². The number of H-pyrrole nitrogens is 1. The summed E-state index contributed by atoms with van der Waals surface area (Å²) in [7, 11) is 0. The molecule has 5 nitrogen and oxygen atoms in total. The molecule has 1 aromatic heterocycles. The van der Waals surface area contributed by atoms with Crippen molar-refractivity contribution in [3.8, 4) is 0 Å². The number of aromatic amines is 1. The zero-order valence-corrected chi connectivity index (χ0v) is 13.2. The molecule has 0 radical (unpaired) electrons. The van der Waals surface area contributed by atoms with Gasteiger partial charge in [-0.3, -0.25) is 0 Å². The second kappa shape index (κ2) is 7.97. The SMILES string of the molecule is O=C(NCCC=Cc1ccc2nc[nH]c2c1)OCc1ccccc1. The fraction of sp³-hybridized carbons (Fsp3) is 0.158. The number of rotatable bonds is 6. The summed E-state index contributed by atoms with van der Waals surface area (Å²) < 4.78 is 5.15. The number of imidazole rings is 1. The van der Waals surface area contributed by atoms with E-state index in [1.165, 1.54) is 0 Å². The van der Waals surface area contributed by atoms with Gasteiger partial charge in [-0.15, -0.1) is 0 Å². The minimum absolute atomic E-state index is 0.284. The number of hydrogen-bond donors (Lipinski definition) is 2. The summed E-state index contributed by atoms with van der Waals surface area (Å²) in [6, 6.07) is 15.6. The number of nitrogens with zero attached hydrogens (tertiary/aromatic N) is 1. The fourth-order valence-corrected chi connectivity index (χ4v) is 2.31. The van der Waals surface area contributed by atoms with Crippen LogP contribution in [0.1, 0.15) is 17.5 Å².